The SMILES string of the molecule is CC(CN)(NS(=O)(=O)c1ccc(Br)s1)C1CC1. The maximum atomic E-state index is 12.2. The summed E-state index contributed by atoms with van der Waals surface area (Å²) in [4.78, 5) is 0. The molecule has 2 rings (SSSR count). The zero-order valence-electron chi connectivity index (χ0n) is 9.44. The Morgan fingerprint density at radius 2 is 2.24 bits per heavy atom. The fourth-order valence-corrected chi connectivity index (χ4v) is 5.30. The predicted octanol–water partition coefficient (Wildman–Crippen LogP) is 1.92. The van der Waals surface area contributed by atoms with Crippen LogP contribution in [0, 0.1) is 5.92 Å². The standard InChI is InChI=1S/C10H15BrN2O2S2/c1-10(6-12,7-2-3-7)13-17(14,15)9-5-4-8(11)16-9/h4-5,7,13H,2-3,6,12H2,1H3. The van der Waals surface area contributed by atoms with Crippen LogP contribution in [0.2, 0.25) is 0 Å². The van der Waals surface area contributed by atoms with Gasteiger partial charge in [0.25, 0.3) is 10.0 Å². The lowest BCUT2D eigenvalue weighted by Gasteiger charge is -2.28. The highest BCUT2D eigenvalue weighted by Gasteiger charge is 2.43. The first-order valence-electron chi connectivity index (χ1n) is 5.37. The Kier molecular flexibility index (Phi) is 3.66. The number of sulfonamides is 1. The van der Waals surface area contributed by atoms with E-state index in [0.29, 0.717) is 16.7 Å². The molecule has 1 saturated carbocycles. The van der Waals surface area contributed by atoms with Gasteiger partial charge in [-0.2, -0.15) is 0 Å². The van der Waals surface area contributed by atoms with Gasteiger partial charge in [0.2, 0.25) is 0 Å². The molecule has 0 bridgehead atoms. The van der Waals surface area contributed by atoms with E-state index in [2.05, 4.69) is 20.7 Å². The Balaban J connectivity index is 2.22. The summed E-state index contributed by atoms with van der Waals surface area (Å²) >= 11 is 4.47. The Hall–Kier alpha value is 0.0500. The Morgan fingerprint density at radius 1 is 1.59 bits per heavy atom. The molecule has 7 heteroatoms. The van der Waals surface area contributed by atoms with Crippen molar-refractivity contribution in [1.29, 1.82) is 0 Å². The van der Waals surface area contributed by atoms with E-state index in [-0.39, 0.29) is 0 Å². The maximum absolute atomic E-state index is 12.2. The molecule has 17 heavy (non-hydrogen) atoms. The number of halogens is 1. The minimum atomic E-state index is -3.46. The second kappa shape index (κ2) is 4.62. The third kappa shape index (κ3) is 2.90. The Labute approximate surface area is 114 Å². The molecule has 1 aliphatic carbocycles. The van der Waals surface area contributed by atoms with Gasteiger partial charge >= 0.3 is 0 Å². The third-order valence-electron chi connectivity index (χ3n) is 3.08. The second-order valence-corrected chi connectivity index (χ2v) is 8.93. The zero-order valence-corrected chi connectivity index (χ0v) is 12.7. The summed E-state index contributed by atoms with van der Waals surface area (Å²) in [6.07, 6.45) is 2.09. The normalized spacial score (nSPS) is 20.2. The van der Waals surface area contributed by atoms with E-state index in [9.17, 15) is 8.42 Å². The number of hydrogen-bond acceptors (Lipinski definition) is 4. The highest BCUT2D eigenvalue weighted by Crippen LogP contribution is 2.40. The molecule has 4 nitrogen and oxygen atoms in total. The molecule has 1 aromatic heterocycles. The zero-order chi connectivity index (χ0) is 12.7. The van der Waals surface area contributed by atoms with Crippen LogP contribution in [0.5, 0.6) is 0 Å². The molecule has 0 amide bonds. The van der Waals surface area contributed by atoms with Gasteiger partial charge in [0.15, 0.2) is 0 Å². The van der Waals surface area contributed by atoms with Crippen LogP contribution in [0.4, 0.5) is 0 Å². The van der Waals surface area contributed by atoms with Crippen molar-refractivity contribution in [2.24, 2.45) is 11.7 Å². The second-order valence-electron chi connectivity index (χ2n) is 4.56. The lowest BCUT2D eigenvalue weighted by Crippen LogP contribution is -2.52. The van der Waals surface area contributed by atoms with Crippen LogP contribution in [0.1, 0.15) is 19.8 Å². The summed E-state index contributed by atoms with van der Waals surface area (Å²) < 4.78 is 28.2. The van der Waals surface area contributed by atoms with Gasteiger partial charge in [-0.15, -0.1) is 11.3 Å². The molecule has 0 saturated heterocycles. The van der Waals surface area contributed by atoms with Crippen LogP contribution in [0.3, 0.4) is 0 Å². The minimum Gasteiger partial charge on any atom is -0.329 e. The van der Waals surface area contributed by atoms with E-state index < -0.39 is 15.6 Å². The van der Waals surface area contributed by atoms with Crippen molar-refractivity contribution in [3.8, 4) is 0 Å². The lowest BCUT2D eigenvalue weighted by molar-refractivity contribution is 0.374. The lowest BCUT2D eigenvalue weighted by atomic mass is 9.98. The molecule has 1 unspecified atom stereocenters. The van der Waals surface area contributed by atoms with E-state index in [1.54, 1.807) is 12.1 Å². The molecule has 1 aliphatic rings. The van der Waals surface area contributed by atoms with Gasteiger partial charge in [-0.3, -0.25) is 0 Å². The maximum Gasteiger partial charge on any atom is 0.250 e. The highest BCUT2D eigenvalue weighted by molar-refractivity contribution is 9.11. The molecule has 1 heterocycles. The highest BCUT2D eigenvalue weighted by atomic mass is 79.9. The number of thiophene rings is 1. The van der Waals surface area contributed by atoms with Crippen LogP contribution in [-0.2, 0) is 10.0 Å². The van der Waals surface area contributed by atoms with Gasteiger partial charge in [-0.1, -0.05) is 0 Å². The smallest absolute Gasteiger partial charge is 0.250 e. The molecule has 0 spiro atoms. The molecule has 1 fully saturated rings. The molecule has 0 aliphatic heterocycles. The molecule has 1 aromatic rings. The fourth-order valence-electron chi connectivity index (χ4n) is 1.81. The number of hydrogen-bond donors (Lipinski definition) is 2. The van der Waals surface area contributed by atoms with Gasteiger partial charge in [0, 0.05) is 12.1 Å². The van der Waals surface area contributed by atoms with Crippen LogP contribution < -0.4 is 10.5 Å². The molecular formula is C10H15BrN2O2S2. The van der Waals surface area contributed by atoms with Gasteiger partial charge in [-0.25, -0.2) is 13.1 Å². The van der Waals surface area contributed by atoms with Crippen molar-refractivity contribution < 1.29 is 8.42 Å². The third-order valence-corrected chi connectivity index (χ3v) is 6.81. The Bertz CT molecular complexity index is 510. The monoisotopic (exact) mass is 338 g/mol. The van der Waals surface area contributed by atoms with E-state index in [4.69, 9.17) is 5.73 Å². The summed E-state index contributed by atoms with van der Waals surface area (Å²) in [7, 11) is -3.46. The van der Waals surface area contributed by atoms with Crippen LogP contribution >= 0.6 is 27.3 Å². The van der Waals surface area contributed by atoms with Crippen molar-refractivity contribution in [2.45, 2.75) is 29.5 Å². The largest absolute Gasteiger partial charge is 0.329 e. The summed E-state index contributed by atoms with van der Waals surface area (Å²) in [5.74, 6) is 0.366. The van der Waals surface area contributed by atoms with Crippen LogP contribution in [0.25, 0.3) is 0 Å². The average molecular weight is 339 g/mol. The Morgan fingerprint density at radius 3 is 2.65 bits per heavy atom. The first kappa shape index (κ1) is 13.5. The summed E-state index contributed by atoms with van der Waals surface area (Å²) in [6.45, 7) is 2.20. The summed E-state index contributed by atoms with van der Waals surface area (Å²) in [6, 6.07) is 3.33. The van der Waals surface area contributed by atoms with Crippen molar-refractivity contribution in [3.63, 3.8) is 0 Å². The van der Waals surface area contributed by atoms with Gasteiger partial charge in [0.05, 0.1) is 3.79 Å². The summed E-state index contributed by atoms with van der Waals surface area (Å²) in [5.41, 5.74) is 5.19. The minimum absolute atomic E-state index is 0.323. The molecule has 1 atom stereocenters. The summed E-state index contributed by atoms with van der Waals surface area (Å²) in [5, 5.41) is 0. The predicted molar refractivity (Wildman–Crippen MR) is 72.5 cm³/mol. The molecule has 0 radical (unpaired) electrons. The van der Waals surface area contributed by atoms with Crippen LogP contribution in [-0.4, -0.2) is 20.5 Å². The van der Waals surface area contributed by atoms with Crippen molar-refractivity contribution in [2.75, 3.05) is 6.54 Å². The first-order chi connectivity index (χ1) is 7.87. The molecule has 0 aromatic carbocycles. The van der Waals surface area contributed by atoms with Crippen molar-refractivity contribution >= 4 is 37.3 Å². The molecule has 3 N–H and O–H groups in total. The topological polar surface area (TPSA) is 72.2 Å². The van der Waals surface area contributed by atoms with Gasteiger partial charge in [-0.05, 0) is 53.7 Å². The van der Waals surface area contributed by atoms with E-state index in [1.165, 1.54) is 11.3 Å². The first-order valence-corrected chi connectivity index (χ1v) is 8.46. The fraction of sp³-hybridized carbons (Fsp3) is 0.600. The quantitative estimate of drug-likeness (QED) is 0.861. The number of nitrogens with one attached hydrogen (secondary N) is 1. The average Bonchev–Trinajstić information content (AvgIpc) is 3.01. The van der Waals surface area contributed by atoms with Crippen molar-refractivity contribution in [1.82, 2.24) is 4.72 Å². The number of rotatable bonds is 5. The van der Waals surface area contributed by atoms with Gasteiger partial charge in [0.1, 0.15) is 4.21 Å². The van der Waals surface area contributed by atoms with Crippen molar-refractivity contribution in [3.05, 3.63) is 15.9 Å². The van der Waals surface area contributed by atoms with E-state index in [0.717, 1.165) is 16.6 Å². The number of nitrogens with two attached hydrogens (primary N) is 1. The van der Waals surface area contributed by atoms with E-state index >= 15 is 0 Å². The van der Waals surface area contributed by atoms with Crippen LogP contribution in [0.15, 0.2) is 20.1 Å². The molecular weight excluding hydrogens is 324 g/mol. The van der Waals surface area contributed by atoms with E-state index in [1.807, 2.05) is 6.92 Å². The van der Waals surface area contributed by atoms with Gasteiger partial charge < -0.3 is 5.73 Å². The molecule has 96 valence electrons.